The van der Waals surface area contributed by atoms with Crippen molar-refractivity contribution in [2.75, 3.05) is 36.4 Å². The molecule has 1 N–H and O–H groups in total. The van der Waals surface area contributed by atoms with Crippen LogP contribution in [0, 0.1) is 11.8 Å². The molecule has 158 valence electrons. The maximum atomic E-state index is 13.3. The first-order valence-electron chi connectivity index (χ1n) is 11.6. The minimum atomic E-state index is 0.115. The van der Waals surface area contributed by atoms with Crippen molar-refractivity contribution < 1.29 is 9.59 Å². The Morgan fingerprint density at radius 1 is 0.897 bits per heavy atom. The molecule has 3 fully saturated rings. The summed E-state index contributed by atoms with van der Waals surface area (Å²) in [7, 11) is 0. The minimum absolute atomic E-state index is 0.115. The molecule has 2 aliphatic heterocycles. The molecule has 5 nitrogen and oxygen atoms in total. The Bertz CT molecular complexity index is 728. The van der Waals surface area contributed by atoms with Gasteiger partial charge in [0.25, 0.3) is 5.91 Å². The lowest BCUT2D eigenvalue weighted by Gasteiger charge is -2.34. The predicted molar refractivity (Wildman–Crippen MR) is 117 cm³/mol. The summed E-state index contributed by atoms with van der Waals surface area (Å²) in [5, 5.41) is 3.11. The van der Waals surface area contributed by atoms with E-state index in [1.54, 1.807) is 0 Å². The van der Waals surface area contributed by atoms with E-state index < -0.39 is 0 Å². The van der Waals surface area contributed by atoms with Gasteiger partial charge in [-0.15, -0.1) is 0 Å². The summed E-state index contributed by atoms with van der Waals surface area (Å²) in [4.78, 5) is 30.3. The van der Waals surface area contributed by atoms with Gasteiger partial charge in [-0.1, -0.05) is 26.2 Å². The number of anilines is 2. The Hall–Kier alpha value is -2.04. The highest BCUT2D eigenvalue weighted by molar-refractivity contribution is 6.02. The second-order valence-corrected chi connectivity index (χ2v) is 9.22. The van der Waals surface area contributed by atoms with Gasteiger partial charge in [0.05, 0.1) is 5.56 Å². The molecule has 4 rings (SSSR count). The Labute approximate surface area is 174 Å². The number of benzene rings is 1. The molecular weight excluding hydrogens is 362 g/mol. The lowest BCUT2D eigenvalue weighted by Crippen LogP contribution is -2.36. The van der Waals surface area contributed by atoms with Gasteiger partial charge in [0, 0.05) is 43.5 Å². The van der Waals surface area contributed by atoms with Crippen molar-refractivity contribution in [3.8, 4) is 0 Å². The van der Waals surface area contributed by atoms with E-state index in [9.17, 15) is 9.59 Å². The Balaban J connectivity index is 1.56. The number of hydrogen-bond acceptors (Lipinski definition) is 3. The predicted octanol–water partition coefficient (Wildman–Crippen LogP) is 4.68. The fourth-order valence-electron chi connectivity index (χ4n) is 5.01. The second-order valence-electron chi connectivity index (χ2n) is 9.22. The quantitative estimate of drug-likeness (QED) is 0.803. The number of nitrogens with zero attached hydrogens (tertiary/aromatic N) is 2. The molecule has 3 aliphatic rings. The molecule has 1 aromatic carbocycles. The summed E-state index contributed by atoms with van der Waals surface area (Å²) >= 11 is 0. The number of carbonyl (C=O) groups excluding carboxylic acids is 2. The topological polar surface area (TPSA) is 52.7 Å². The zero-order valence-corrected chi connectivity index (χ0v) is 17.8. The molecule has 0 unspecified atom stereocenters. The molecule has 0 aromatic heterocycles. The van der Waals surface area contributed by atoms with Crippen LogP contribution in [0.5, 0.6) is 0 Å². The monoisotopic (exact) mass is 397 g/mol. The molecule has 1 saturated carbocycles. The van der Waals surface area contributed by atoms with Crippen LogP contribution in [-0.4, -0.2) is 42.9 Å². The van der Waals surface area contributed by atoms with E-state index in [0.717, 1.165) is 100 Å². The lowest BCUT2D eigenvalue weighted by molar-refractivity contribution is -0.120. The summed E-state index contributed by atoms with van der Waals surface area (Å²) in [5.74, 6) is 1.09. The van der Waals surface area contributed by atoms with Crippen molar-refractivity contribution in [1.82, 2.24) is 4.90 Å². The average Bonchev–Trinajstić information content (AvgIpc) is 3.29. The van der Waals surface area contributed by atoms with Gasteiger partial charge in [0.1, 0.15) is 0 Å². The highest BCUT2D eigenvalue weighted by Gasteiger charge is 2.27. The molecule has 1 aromatic rings. The molecule has 1 aliphatic carbocycles. The van der Waals surface area contributed by atoms with Gasteiger partial charge in [-0.2, -0.15) is 0 Å². The van der Waals surface area contributed by atoms with Crippen molar-refractivity contribution in [3.63, 3.8) is 0 Å². The number of hydrogen-bond donors (Lipinski definition) is 1. The van der Waals surface area contributed by atoms with E-state index in [0.29, 0.717) is 0 Å². The maximum absolute atomic E-state index is 13.3. The number of amides is 2. The zero-order chi connectivity index (χ0) is 20.2. The van der Waals surface area contributed by atoms with E-state index in [1.807, 2.05) is 17.0 Å². The van der Waals surface area contributed by atoms with Gasteiger partial charge >= 0.3 is 0 Å². The van der Waals surface area contributed by atoms with Crippen LogP contribution in [0.25, 0.3) is 0 Å². The van der Waals surface area contributed by atoms with Crippen LogP contribution in [0.1, 0.15) is 75.1 Å². The van der Waals surface area contributed by atoms with E-state index in [-0.39, 0.29) is 17.7 Å². The first-order chi connectivity index (χ1) is 14.1. The fraction of sp³-hybridized carbons (Fsp3) is 0.667. The van der Waals surface area contributed by atoms with Gasteiger partial charge in [0.15, 0.2) is 0 Å². The maximum Gasteiger partial charge on any atom is 0.256 e. The first-order valence-corrected chi connectivity index (χ1v) is 11.6. The highest BCUT2D eigenvalue weighted by atomic mass is 16.2. The largest absolute Gasteiger partial charge is 0.371 e. The third-order valence-electron chi connectivity index (χ3n) is 6.99. The Morgan fingerprint density at radius 3 is 2.28 bits per heavy atom. The average molecular weight is 398 g/mol. The van der Waals surface area contributed by atoms with E-state index in [4.69, 9.17) is 0 Å². The van der Waals surface area contributed by atoms with E-state index in [1.165, 1.54) is 6.42 Å². The molecule has 2 heterocycles. The highest BCUT2D eigenvalue weighted by Crippen LogP contribution is 2.31. The lowest BCUT2D eigenvalue weighted by atomic mass is 9.88. The number of piperidine rings is 1. The summed E-state index contributed by atoms with van der Waals surface area (Å²) in [6.07, 6.45) is 9.98. The van der Waals surface area contributed by atoms with E-state index >= 15 is 0 Å². The zero-order valence-electron chi connectivity index (χ0n) is 17.8. The number of rotatable bonds is 4. The van der Waals surface area contributed by atoms with E-state index in [2.05, 4.69) is 23.2 Å². The Morgan fingerprint density at radius 2 is 1.59 bits per heavy atom. The van der Waals surface area contributed by atoms with Crippen LogP contribution in [0.2, 0.25) is 0 Å². The van der Waals surface area contributed by atoms with Crippen molar-refractivity contribution in [2.45, 2.75) is 64.7 Å². The smallest absolute Gasteiger partial charge is 0.256 e. The van der Waals surface area contributed by atoms with Crippen molar-refractivity contribution in [3.05, 3.63) is 23.8 Å². The summed E-state index contributed by atoms with van der Waals surface area (Å²) in [6.45, 7) is 5.98. The molecule has 0 bridgehead atoms. The van der Waals surface area contributed by atoms with Crippen LogP contribution in [0.4, 0.5) is 11.4 Å². The first kappa shape index (κ1) is 20.2. The summed E-state index contributed by atoms with van der Waals surface area (Å²) in [5.41, 5.74) is 2.55. The van der Waals surface area contributed by atoms with Crippen LogP contribution < -0.4 is 10.2 Å². The molecule has 2 amide bonds. The normalized spacial score (nSPS) is 21.4. The fourth-order valence-corrected chi connectivity index (χ4v) is 5.01. The molecule has 0 radical (unpaired) electrons. The molecule has 29 heavy (non-hydrogen) atoms. The number of carbonyl (C=O) groups is 2. The Kier molecular flexibility index (Phi) is 6.41. The van der Waals surface area contributed by atoms with Gasteiger partial charge in [0.2, 0.25) is 5.91 Å². The summed E-state index contributed by atoms with van der Waals surface area (Å²) in [6, 6.07) is 5.96. The van der Waals surface area contributed by atoms with Crippen molar-refractivity contribution in [1.29, 1.82) is 0 Å². The van der Waals surface area contributed by atoms with Crippen LogP contribution in [-0.2, 0) is 4.79 Å². The van der Waals surface area contributed by atoms with Gasteiger partial charge < -0.3 is 15.1 Å². The van der Waals surface area contributed by atoms with Gasteiger partial charge in [-0.25, -0.2) is 0 Å². The minimum Gasteiger partial charge on any atom is -0.371 e. The molecular formula is C24H35N3O2. The van der Waals surface area contributed by atoms with Crippen LogP contribution in [0.3, 0.4) is 0 Å². The number of likely N-dealkylation sites (tertiary alicyclic amines) is 1. The van der Waals surface area contributed by atoms with Gasteiger partial charge in [-0.05, 0) is 62.6 Å². The molecule has 0 spiro atoms. The number of nitrogens with one attached hydrogen (secondary N) is 1. The third-order valence-corrected chi connectivity index (χ3v) is 6.99. The standard InChI is InChI=1S/C24H35N3O2/c1-18-11-15-26(16-12-18)22-10-9-20(25-23(28)19-7-3-2-4-8-19)17-21(22)24(29)27-13-5-6-14-27/h9-10,17-19H,2-8,11-16H2,1H3,(H,25,28). The summed E-state index contributed by atoms with van der Waals surface area (Å²) < 4.78 is 0. The molecule has 5 heteroatoms. The van der Waals surface area contributed by atoms with Crippen LogP contribution in [0.15, 0.2) is 18.2 Å². The van der Waals surface area contributed by atoms with Gasteiger partial charge in [-0.3, -0.25) is 9.59 Å². The van der Waals surface area contributed by atoms with Crippen LogP contribution >= 0.6 is 0 Å². The second kappa shape index (κ2) is 9.19. The van der Waals surface area contributed by atoms with Crippen molar-refractivity contribution in [2.24, 2.45) is 11.8 Å². The SMILES string of the molecule is CC1CCN(c2ccc(NC(=O)C3CCCCC3)cc2C(=O)N2CCCC2)CC1. The van der Waals surface area contributed by atoms with Crippen molar-refractivity contribution >= 4 is 23.2 Å². The third kappa shape index (κ3) is 4.76. The molecule has 2 saturated heterocycles. The molecule has 0 atom stereocenters.